The number of hydrogen-bond acceptors (Lipinski definition) is 3. The van der Waals surface area contributed by atoms with E-state index in [1.807, 2.05) is 0 Å². The first kappa shape index (κ1) is 14.1. The molecule has 0 unspecified atom stereocenters. The van der Waals surface area contributed by atoms with Crippen molar-refractivity contribution in [1.82, 2.24) is 4.98 Å². The molecule has 0 saturated heterocycles. The Morgan fingerprint density at radius 1 is 1.39 bits per heavy atom. The number of aromatic amines is 1. The Morgan fingerprint density at radius 3 is 2.33 bits per heavy atom. The molecule has 4 nitrogen and oxygen atoms in total. The number of nitrogens with one attached hydrogen (secondary N) is 1. The zero-order chi connectivity index (χ0) is 14.1. The number of rotatable bonds is 2. The van der Waals surface area contributed by atoms with Crippen molar-refractivity contribution >= 4 is 5.97 Å². The van der Waals surface area contributed by atoms with Gasteiger partial charge >= 0.3 is 12.1 Å². The number of carbonyl (C=O) groups excluding carboxylic acids is 1. The normalized spacial score (nSPS) is 11.7. The zero-order valence-electron chi connectivity index (χ0n) is 8.77. The summed E-state index contributed by atoms with van der Waals surface area (Å²) >= 11 is 0. The van der Waals surface area contributed by atoms with Gasteiger partial charge in [-0.3, -0.25) is 4.79 Å². The van der Waals surface area contributed by atoms with E-state index in [4.69, 9.17) is 0 Å². The first-order valence-corrected chi connectivity index (χ1v) is 4.39. The highest BCUT2D eigenvalue weighted by Gasteiger charge is 2.38. The highest BCUT2D eigenvalue weighted by molar-refractivity contribution is 5.89. The molecule has 0 aromatic carbocycles. The SMILES string of the molecule is COC(=O)c1cc(C(F)(F)F)c(C(F)F)[nH]c1=O. The maximum absolute atomic E-state index is 12.5. The Bertz CT molecular complexity index is 520. The second-order valence-electron chi connectivity index (χ2n) is 3.13. The first-order valence-electron chi connectivity index (χ1n) is 4.39. The molecule has 1 heterocycles. The van der Waals surface area contributed by atoms with Crippen molar-refractivity contribution in [1.29, 1.82) is 0 Å². The summed E-state index contributed by atoms with van der Waals surface area (Å²) < 4.78 is 66.2. The number of H-pyrrole nitrogens is 1. The van der Waals surface area contributed by atoms with Crippen LogP contribution >= 0.6 is 0 Å². The van der Waals surface area contributed by atoms with Crippen LogP contribution in [0, 0.1) is 0 Å². The fraction of sp³-hybridized carbons (Fsp3) is 0.333. The largest absolute Gasteiger partial charge is 0.465 e. The van der Waals surface area contributed by atoms with E-state index >= 15 is 0 Å². The van der Waals surface area contributed by atoms with Gasteiger partial charge in [-0.1, -0.05) is 0 Å². The number of esters is 1. The van der Waals surface area contributed by atoms with Crippen LogP contribution in [0.5, 0.6) is 0 Å². The second kappa shape index (κ2) is 4.75. The minimum atomic E-state index is -5.13. The smallest absolute Gasteiger partial charge is 0.418 e. The van der Waals surface area contributed by atoms with Crippen molar-refractivity contribution in [3.8, 4) is 0 Å². The van der Waals surface area contributed by atoms with E-state index < -0.39 is 41.0 Å². The maximum Gasteiger partial charge on any atom is 0.418 e. The molecule has 0 aliphatic heterocycles. The highest BCUT2D eigenvalue weighted by Crippen LogP contribution is 2.34. The Kier molecular flexibility index (Phi) is 3.73. The third kappa shape index (κ3) is 2.66. The summed E-state index contributed by atoms with van der Waals surface area (Å²) in [4.78, 5) is 23.5. The lowest BCUT2D eigenvalue weighted by molar-refractivity contribution is -0.140. The van der Waals surface area contributed by atoms with Crippen molar-refractivity contribution in [2.24, 2.45) is 0 Å². The first-order chi connectivity index (χ1) is 8.18. The topological polar surface area (TPSA) is 59.2 Å². The molecular weight excluding hydrogens is 265 g/mol. The van der Waals surface area contributed by atoms with Gasteiger partial charge in [0.15, 0.2) is 0 Å². The fourth-order valence-electron chi connectivity index (χ4n) is 1.21. The number of ether oxygens (including phenoxy) is 1. The van der Waals surface area contributed by atoms with Crippen LogP contribution < -0.4 is 5.56 Å². The van der Waals surface area contributed by atoms with Crippen molar-refractivity contribution in [3.05, 3.63) is 33.2 Å². The average Bonchev–Trinajstić information content (AvgIpc) is 2.25. The van der Waals surface area contributed by atoms with Crippen molar-refractivity contribution < 1.29 is 31.5 Å². The Balaban J connectivity index is 3.56. The summed E-state index contributed by atoms with van der Waals surface area (Å²) in [5, 5.41) is 0. The minimum Gasteiger partial charge on any atom is -0.465 e. The van der Waals surface area contributed by atoms with Crippen molar-refractivity contribution in [3.63, 3.8) is 0 Å². The number of alkyl halides is 5. The molecule has 1 aromatic rings. The van der Waals surface area contributed by atoms with Gasteiger partial charge < -0.3 is 9.72 Å². The summed E-state index contributed by atoms with van der Waals surface area (Å²) in [5.41, 5.74) is -5.72. The predicted octanol–water partition coefficient (Wildman–Crippen LogP) is 2.12. The highest BCUT2D eigenvalue weighted by atomic mass is 19.4. The third-order valence-electron chi connectivity index (χ3n) is 2.00. The van der Waals surface area contributed by atoms with Gasteiger partial charge in [0.05, 0.1) is 18.4 Å². The fourth-order valence-corrected chi connectivity index (χ4v) is 1.21. The van der Waals surface area contributed by atoms with Crippen molar-refractivity contribution in [2.45, 2.75) is 12.6 Å². The number of hydrogen-bond donors (Lipinski definition) is 1. The van der Waals surface area contributed by atoms with Gasteiger partial charge in [-0.05, 0) is 6.07 Å². The van der Waals surface area contributed by atoms with E-state index in [9.17, 15) is 31.5 Å². The quantitative estimate of drug-likeness (QED) is 0.662. The van der Waals surface area contributed by atoms with Gasteiger partial charge in [0, 0.05) is 0 Å². The molecule has 0 radical (unpaired) electrons. The van der Waals surface area contributed by atoms with E-state index in [1.54, 1.807) is 0 Å². The van der Waals surface area contributed by atoms with Crippen LogP contribution in [0.2, 0.25) is 0 Å². The Morgan fingerprint density at radius 2 is 1.94 bits per heavy atom. The van der Waals surface area contributed by atoms with E-state index in [1.165, 1.54) is 4.98 Å². The molecule has 0 amide bonds. The molecular formula is C9H6F5NO3. The molecule has 18 heavy (non-hydrogen) atoms. The predicted molar refractivity (Wildman–Crippen MR) is 48.4 cm³/mol. The number of methoxy groups -OCH3 is 1. The Labute approximate surface area is 96.4 Å². The van der Waals surface area contributed by atoms with Crippen LogP contribution in [0.25, 0.3) is 0 Å². The van der Waals surface area contributed by atoms with E-state index in [-0.39, 0.29) is 6.07 Å². The van der Waals surface area contributed by atoms with E-state index in [0.717, 1.165) is 7.11 Å². The van der Waals surface area contributed by atoms with Crippen molar-refractivity contribution in [2.75, 3.05) is 7.11 Å². The molecule has 9 heteroatoms. The lowest BCUT2D eigenvalue weighted by atomic mass is 10.1. The summed E-state index contributed by atoms with van der Waals surface area (Å²) in [6.07, 6.45) is -8.65. The maximum atomic E-state index is 12.5. The number of carbonyl (C=O) groups is 1. The number of pyridine rings is 1. The van der Waals surface area contributed by atoms with Gasteiger partial charge in [0.2, 0.25) is 0 Å². The molecule has 0 saturated carbocycles. The Hall–Kier alpha value is -1.93. The summed E-state index contributed by atoms with van der Waals surface area (Å²) in [5.74, 6) is -1.34. The van der Waals surface area contributed by atoms with E-state index in [2.05, 4.69) is 4.74 Å². The molecule has 1 rings (SSSR count). The number of aromatic nitrogens is 1. The lowest BCUT2D eigenvalue weighted by Gasteiger charge is -2.12. The standard InChI is InChI=1S/C9H6F5NO3/c1-18-8(17)3-2-4(9(12,13)14)5(6(10)11)15-7(3)16/h2,6H,1H3,(H,15,16). The summed E-state index contributed by atoms with van der Waals surface area (Å²) in [6.45, 7) is 0. The molecule has 1 aromatic heterocycles. The van der Waals surface area contributed by atoms with Crippen LogP contribution in [-0.4, -0.2) is 18.1 Å². The van der Waals surface area contributed by atoms with Gasteiger partial charge in [-0.2, -0.15) is 13.2 Å². The molecule has 0 aliphatic carbocycles. The van der Waals surface area contributed by atoms with Gasteiger partial charge in [0.1, 0.15) is 5.56 Å². The minimum absolute atomic E-state index is 0.0478. The molecule has 0 bridgehead atoms. The van der Waals surface area contributed by atoms with Crippen LogP contribution in [0.1, 0.15) is 28.0 Å². The van der Waals surface area contributed by atoms with Gasteiger partial charge in [0.25, 0.3) is 12.0 Å². The zero-order valence-corrected chi connectivity index (χ0v) is 8.77. The van der Waals surface area contributed by atoms with Crippen LogP contribution in [-0.2, 0) is 10.9 Å². The van der Waals surface area contributed by atoms with Crippen LogP contribution in [0.15, 0.2) is 10.9 Å². The average molecular weight is 271 g/mol. The summed E-state index contributed by atoms with van der Waals surface area (Å²) in [7, 11) is 0.843. The van der Waals surface area contributed by atoms with Crippen LogP contribution in [0.3, 0.4) is 0 Å². The van der Waals surface area contributed by atoms with Crippen LogP contribution in [0.4, 0.5) is 22.0 Å². The monoisotopic (exact) mass is 271 g/mol. The number of halogens is 5. The molecule has 0 spiro atoms. The third-order valence-corrected chi connectivity index (χ3v) is 2.00. The molecule has 0 fully saturated rings. The second-order valence-corrected chi connectivity index (χ2v) is 3.13. The van der Waals surface area contributed by atoms with Gasteiger partial charge in [-0.25, -0.2) is 13.6 Å². The summed E-state index contributed by atoms with van der Waals surface area (Å²) in [6, 6.07) is 0.0478. The van der Waals surface area contributed by atoms with Gasteiger partial charge in [-0.15, -0.1) is 0 Å². The molecule has 100 valence electrons. The lowest BCUT2D eigenvalue weighted by Crippen LogP contribution is -2.24. The molecule has 0 atom stereocenters. The van der Waals surface area contributed by atoms with E-state index in [0.29, 0.717) is 0 Å². The molecule has 1 N–H and O–H groups in total. The molecule has 0 aliphatic rings.